The maximum Gasteiger partial charge on any atom is 0.225 e. The third-order valence-electron chi connectivity index (χ3n) is 2.37. The van der Waals surface area contributed by atoms with E-state index in [1.54, 1.807) is 11.9 Å². The summed E-state index contributed by atoms with van der Waals surface area (Å²) < 4.78 is 10.7. The van der Waals surface area contributed by atoms with Gasteiger partial charge in [0.05, 0.1) is 25.2 Å². The molecule has 0 saturated carbocycles. The molecule has 1 unspecified atom stereocenters. The van der Waals surface area contributed by atoms with Crippen LogP contribution in [0.5, 0.6) is 0 Å². The second-order valence-electron chi connectivity index (χ2n) is 4.25. The molecule has 0 saturated heterocycles. The Balaban J connectivity index is 3.86. The minimum absolute atomic E-state index is 0.0428. The summed E-state index contributed by atoms with van der Waals surface area (Å²) in [6.45, 7) is 7.95. The highest BCUT2D eigenvalue weighted by molar-refractivity contribution is 5.76. The zero-order chi connectivity index (χ0) is 13.3. The van der Waals surface area contributed by atoms with Gasteiger partial charge >= 0.3 is 0 Å². The molecule has 102 valence electrons. The quantitative estimate of drug-likeness (QED) is 0.648. The first-order chi connectivity index (χ1) is 8.01. The predicted molar refractivity (Wildman–Crippen MR) is 67.8 cm³/mol. The topological polar surface area (TPSA) is 64.8 Å². The minimum Gasteiger partial charge on any atom is -0.377 e. The van der Waals surface area contributed by atoms with Crippen molar-refractivity contribution >= 4 is 5.91 Å². The molecule has 0 fully saturated rings. The van der Waals surface area contributed by atoms with Crippen molar-refractivity contribution in [2.24, 2.45) is 5.73 Å². The van der Waals surface area contributed by atoms with Gasteiger partial charge in [-0.1, -0.05) is 0 Å². The van der Waals surface area contributed by atoms with Crippen molar-refractivity contribution in [1.82, 2.24) is 4.90 Å². The molecule has 0 bridgehead atoms. The van der Waals surface area contributed by atoms with Crippen LogP contribution in [0, 0.1) is 0 Å². The van der Waals surface area contributed by atoms with Crippen molar-refractivity contribution < 1.29 is 14.3 Å². The highest BCUT2D eigenvalue weighted by Crippen LogP contribution is 2.01. The van der Waals surface area contributed by atoms with Gasteiger partial charge in [-0.2, -0.15) is 0 Å². The van der Waals surface area contributed by atoms with Gasteiger partial charge in [-0.15, -0.1) is 0 Å². The molecular formula is C12H26N2O3. The highest BCUT2D eigenvalue weighted by Gasteiger charge is 2.15. The summed E-state index contributed by atoms with van der Waals surface area (Å²) in [6.07, 6.45) is 0.349. The van der Waals surface area contributed by atoms with Crippen LogP contribution in [-0.4, -0.2) is 56.4 Å². The Morgan fingerprint density at radius 3 is 2.47 bits per heavy atom. The van der Waals surface area contributed by atoms with E-state index < -0.39 is 0 Å². The number of nitrogens with two attached hydrogens (primary N) is 1. The zero-order valence-corrected chi connectivity index (χ0v) is 11.4. The molecule has 0 spiro atoms. The van der Waals surface area contributed by atoms with Crippen LogP contribution in [0.2, 0.25) is 0 Å². The number of nitrogens with zero attached hydrogens (tertiary/aromatic N) is 1. The molecule has 5 heteroatoms. The van der Waals surface area contributed by atoms with Crippen LogP contribution in [0.25, 0.3) is 0 Å². The first-order valence-corrected chi connectivity index (χ1v) is 6.18. The van der Waals surface area contributed by atoms with Gasteiger partial charge in [0.15, 0.2) is 0 Å². The van der Waals surface area contributed by atoms with Gasteiger partial charge < -0.3 is 20.1 Å². The summed E-state index contributed by atoms with van der Waals surface area (Å²) in [6, 6.07) is 0. The summed E-state index contributed by atoms with van der Waals surface area (Å²) in [4.78, 5) is 13.5. The van der Waals surface area contributed by atoms with Crippen LogP contribution in [0.3, 0.4) is 0 Å². The van der Waals surface area contributed by atoms with Crippen LogP contribution >= 0.6 is 0 Å². The van der Waals surface area contributed by atoms with Crippen molar-refractivity contribution in [2.75, 3.05) is 33.4 Å². The minimum atomic E-state index is -0.180. The first kappa shape index (κ1) is 16.4. The fraction of sp³-hybridized carbons (Fsp3) is 0.917. The van der Waals surface area contributed by atoms with Crippen molar-refractivity contribution in [3.63, 3.8) is 0 Å². The lowest BCUT2D eigenvalue weighted by atomic mass is 10.2. The Hall–Kier alpha value is -0.650. The Morgan fingerprint density at radius 1 is 1.35 bits per heavy atom. The molecule has 0 aromatic heterocycles. The van der Waals surface area contributed by atoms with E-state index in [1.807, 2.05) is 20.8 Å². The second-order valence-corrected chi connectivity index (χ2v) is 4.25. The summed E-state index contributed by atoms with van der Waals surface area (Å²) in [5, 5.41) is 0. The van der Waals surface area contributed by atoms with Crippen LogP contribution in [0.4, 0.5) is 0 Å². The van der Waals surface area contributed by atoms with E-state index in [4.69, 9.17) is 15.2 Å². The zero-order valence-electron chi connectivity index (χ0n) is 11.4. The molecule has 0 aliphatic carbocycles. The molecule has 0 aromatic carbocycles. The third kappa shape index (κ3) is 8.12. The van der Waals surface area contributed by atoms with E-state index >= 15 is 0 Å². The van der Waals surface area contributed by atoms with Crippen molar-refractivity contribution in [2.45, 2.75) is 39.4 Å². The largest absolute Gasteiger partial charge is 0.377 e. The van der Waals surface area contributed by atoms with Gasteiger partial charge in [0.25, 0.3) is 0 Å². The lowest BCUT2D eigenvalue weighted by Gasteiger charge is -2.21. The summed E-state index contributed by atoms with van der Waals surface area (Å²) in [5.41, 5.74) is 5.53. The number of hydrogen-bond donors (Lipinski definition) is 1. The Labute approximate surface area is 104 Å². The Morgan fingerprint density at radius 2 is 2.00 bits per heavy atom. The summed E-state index contributed by atoms with van der Waals surface area (Å²) >= 11 is 0. The lowest BCUT2D eigenvalue weighted by Crippen LogP contribution is -2.36. The molecule has 0 aliphatic heterocycles. The van der Waals surface area contributed by atoms with Gasteiger partial charge in [-0.25, -0.2) is 0 Å². The van der Waals surface area contributed by atoms with E-state index in [1.165, 1.54) is 0 Å². The van der Waals surface area contributed by atoms with E-state index in [-0.39, 0.29) is 18.1 Å². The smallest absolute Gasteiger partial charge is 0.225 e. The molecular weight excluding hydrogens is 220 g/mol. The summed E-state index contributed by atoms with van der Waals surface area (Å²) in [7, 11) is 1.77. The SMILES string of the molecule is CCOC(CN)CC(=O)N(C)CCOC(C)C. The Kier molecular flexibility index (Phi) is 9.03. The first-order valence-electron chi connectivity index (χ1n) is 6.18. The van der Waals surface area contributed by atoms with E-state index in [0.29, 0.717) is 32.7 Å². The van der Waals surface area contributed by atoms with Crippen LogP contribution in [-0.2, 0) is 14.3 Å². The van der Waals surface area contributed by atoms with Crippen LogP contribution < -0.4 is 5.73 Å². The number of rotatable bonds is 9. The van der Waals surface area contributed by atoms with Crippen molar-refractivity contribution in [3.8, 4) is 0 Å². The Bertz CT molecular complexity index is 210. The predicted octanol–water partition coefficient (Wildman–Crippen LogP) is 0.624. The van der Waals surface area contributed by atoms with E-state index in [2.05, 4.69) is 0 Å². The molecule has 1 amide bonds. The lowest BCUT2D eigenvalue weighted by molar-refractivity contribution is -0.133. The molecule has 1 atom stereocenters. The normalized spacial score (nSPS) is 12.8. The molecule has 0 heterocycles. The number of amides is 1. The standard InChI is InChI=1S/C12H26N2O3/c1-5-16-11(9-13)8-12(15)14(4)6-7-17-10(2)3/h10-11H,5-9,13H2,1-4H3. The van der Waals surface area contributed by atoms with Crippen molar-refractivity contribution in [3.05, 3.63) is 0 Å². The number of carbonyl (C=O) groups excluding carboxylic acids is 1. The van der Waals surface area contributed by atoms with E-state index in [9.17, 15) is 4.79 Å². The van der Waals surface area contributed by atoms with Crippen LogP contribution in [0.1, 0.15) is 27.2 Å². The van der Waals surface area contributed by atoms with Gasteiger partial charge in [0.1, 0.15) is 0 Å². The number of hydrogen-bond acceptors (Lipinski definition) is 4. The molecule has 0 radical (unpaired) electrons. The fourth-order valence-electron chi connectivity index (χ4n) is 1.35. The van der Waals surface area contributed by atoms with Gasteiger partial charge in [-0.05, 0) is 20.8 Å². The fourth-order valence-corrected chi connectivity index (χ4v) is 1.35. The van der Waals surface area contributed by atoms with Gasteiger partial charge in [0, 0.05) is 26.7 Å². The van der Waals surface area contributed by atoms with Crippen LogP contribution in [0.15, 0.2) is 0 Å². The molecule has 0 rings (SSSR count). The van der Waals surface area contributed by atoms with Gasteiger partial charge in [0.2, 0.25) is 5.91 Å². The highest BCUT2D eigenvalue weighted by atomic mass is 16.5. The molecule has 2 N–H and O–H groups in total. The average molecular weight is 246 g/mol. The maximum absolute atomic E-state index is 11.8. The number of likely N-dealkylation sites (N-methyl/N-ethyl adjacent to an activating group) is 1. The molecule has 5 nitrogen and oxygen atoms in total. The summed E-state index contributed by atoms with van der Waals surface area (Å²) in [5.74, 6) is 0.0428. The molecule has 0 aliphatic rings. The number of ether oxygens (including phenoxy) is 2. The van der Waals surface area contributed by atoms with Gasteiger partial charge in [-0.3, -0.25) is 4.79 Å². The van der Waals surface area contributed by atoms with E-state index in [0.717, 1.165) is 0 Å². The number of carbonyl (C=O) groups is 1. The monoisotopic (exact) mass is 246 g/mol. The average Bonchev–Trinajstić information content (AvgIpc) is 2.27. The second kappa shape index (κ2) is 9.39. The molecule has 0 aromatic rings. The third-order valence-corrected chi connectivity index (χ3v) is 2.37. The maximum atomic E-state index is 11.8. The van der Waals surface area contributed by atoms with Crippen molar-refractivity contribution in [1.29, 1.82) is 0 Å². The molecule has 17 heavy (non-hydrogen) atoms.